The van der Waals surface area contributed by atoms with Gasteiger partial charge in [0.25, 0.3) is 0 Å². The fourth-order valence-corrected chi connectivity index (χ4v) is 4.00. The average Bonchev–Trinajstić information content (AvgIpc) is 2.69. The SMILES string of the molecule is CC1CC(NCc2cc3c(s2)CCC3)C1. The fraction of sp³-hybridized carbons (Fsp3) is 0.692. The van der Waals surface area contributed by atoms with E-state index in [4.69, 9.17) is 0 Å². The third kappa shape index (κ3) is 1.98. The molecule has 1 N–H and O–H groups in total. The molecular weight excluding hydrogens is 202 g/mol. The van der Waals surface area contributed by atoms with Gasteiger partial charge in [0.15, 0.2) is 0 Å². The van der Waals surface area contributed by atoms with Crippen molar-refractivity contribution in [3.8, 4) is 0 Å². The van der Waals surface area contributed by atoms with E-state index in [0.29, 0.717) is 0 Å². The highest BCUT2D eigenvalue weighted by Gasteiger charge is 2.24. The smallest absolute Gasteiger partial charge is 0.0302 e. The summed E-state index contributed by atoms with van der Waals surface area (Å²) in [6.07, 6.45) is 6.80. The Bertz CT molecular complexity index is 328. The zero-order valence-electron chi connectivity index (χ0n) is 9.38. The van der Waals surface area contributed by atoms with E-state index in [1.807, 2.05) is 11.3 Å². The van der Waals surface area contributed by atoms with Gasteiger partial charge < -0.3 is 5.32 Å². The van der Waals surface area contributed by atoms with Gasteiger partial charge >= 0.3 is 0 Å². The minimum atomic E-state index is 0.803. The van der Waals surface area contributed by atoms with E-state index in [-0.39, 0.29) is 0 Å². The molecule has 82 valence electrons. The van der Waals surface area contributed by atoms with Gasteiger partial charge in [0, 0.05) is 22.3 Å². The predicted molar refractivity (Wildman–Crippen MR) is 65.4 cm³/mol. The summed E-state index contributed by atoms with van der Waals surface area (Å²) in [6.45, 7) is 3.45. The molecular formula is C13H19NS. The van der Waals surface area contributed by atoms with Crippen LogP contribution >= 0.6 is 11.3 Å². The minimum Gasteiger partial charge on any atom is -0.309 e. The van der Waals surface area contributed by atoms with Crippen LogP contribution in [0, 0.1) is 5.92 Å². The van der Waals surface area contributed by atoms with E-state index in [1.165, 1.54) is 32.1 Å². The van der Waals surface area contributed by atoms with Gasteiger partial charge in [-0.25, -0.2) is 0 Å². The van der Waals surface area contributed by atoms with Crippen molar-refractivity contribution in [3.63, 3.8) is 0 Å². The van der Waals surface area contributed by atoms with Crippen molar-refractivity contribution in [2.24, 2.45) is 5.92 Å². The van der Waals surface area contributed by atoms with Crippen molar-refractivity contribution in [2.75, 3.05) is 0 Å². The van der Waals surface area contributed by atoms with Crippen LogP contribution < -0.4 is 5.32 Å². The summed E-state index contributed by atoms with van der Waals surface area (Å²) in [7, 11) is 0. The molecule has 2 aliphatic carbocycles. The second-order valence-corrected chi connectivity index (χ2v) is 6.39. The zero-order chi connectivity index (χ0) is 10.3. The molecule has 1 saturated carbocycles. The fourth-order valence-electron chi connectivity index (χ4n) is 2.79. The quantitative estimate of drug-likeness (QED) is 0.827. The second-order valence-electron chi connectivity index (χ2n) is 5.17. The van der Waals surface area contributed by atoms with Crippen LogP contribution in [0.5, 0.6) is 0 Å². The first-order chi connectivity index (χ1) is 7.31. The van der Waals surface area contributed by atoms with E-state index in [1.54, 1.807) is 15.3 Å². The monoisotopic (exact) mass is 221 g/mol. The lowest BCUT2D eigenvalue weighted by Crippen LogP contribution is -2.39. The summed E-state index contributed by atoms with van der Waals surface area (Å²) >= 11 is 2.04. The van der Waals surface area contributed by atoms with Crippen LogP contribution in [0.1, 0.15) is 41.5 Å². The highest BCUT2D eigenvalue weighted by atomic mass is 32.1. The summed E-state index contributed by atoms with van der Waals surface area (Å²) in [5.74, 6) is 0.954. The first-order valence-electron chi connectivity index (χ1n) is 6.15. The number of thiophene rings is 1. The molecule has 0 aromatic carbocycles. The Morgan fingerprint density at radius 1 is 1.40 bits per heavy atom. The zero-order valence-corrected chi connectivity index (χ0v) is 10.2. The molecule has 2 heteroatoms. The molecule has 0 radical (unpaired) electrons. The molecule has 0 aliphatic heterocycles. The van der Waals surface area contributed by atoms with Crippen LogP contribution in [-0.2, 0) is 19.4 Å². The Morgan fingerprint density at radius 3 is 3.00 bits per heavy atom. The first-order valence-corrected chi connectivity index (χ1v) is 6.97. The van der Waals surface area contributed by atoms with Crippen LogP contribution in [0.25, 0.3) is 0 Å². The van der Waals surface area contributed by atoms with Crippen LogP contribution in [0.4, 0.5) is 0 Å². The lowest BCUT2D eigenvalue weighted by molar-refractivity contribution is 0.241. The van der Waals surface area contributed by atoms with Gasteiger partial charge in [0.1, 0.15) is 0 Å². The number of hydrogen-bond acceptors (Lipinski definition) is 2. The lowest BCUT2D eigenvalue weighted by atomic mass is 9.82. The third-order valence-corrected chi connectivity index (χ3v) is 4.97. The molecule has 0 amide bonds. The Morgan fingerprint density at radius 2 is 2.27 bits per heavy atom. The molecule has 0 spiro atoms. The van der Waals surface area contributed by atoms with Gasteiger partial charge in [-0.15, -0.1) is 11.3 Å². The Hall–Kier alpha value is -0.340. The molecule has 1 fully saturated rings. The second kappa shape index (κ2) is 3.91. The third-order valence-electron chi connectivity index (χ3n) is 3.74. The van der Waals surface area contributed by atoms with Crippen LogP contribution in [0.3, 0.4) is 0 Å². The molecule has 1 aromatic rings. The van der Waals surface area contributed by atoms with E-state index in [2.05, 4.69) is 18.3 Å². The molecule has 3 rings (SSSR count). The Labute approximate surface area is 95.9 Å². The molecule has 15 heavy (non-hydrogen) atoms. The Kier molecular flexibility index (Phi) is 2.57. The van der Waals surface area contributed by atoms with E-state index in [9.17, 15) is 0 Å². The number of aryl methyl sites for hydroxylation is 2. The normalized spacial score (nSPS) is 28.9. The molecule has 1 heterocycles. The minimum absolute atomic E-state index is 0.803. The molecule has 2 aliphatic rings. The highest BCUT2D eigenvalue weighted by molar-refractivity contribution is 7.12. The molecule has 0 unspecified atom stereocenters. The van der Waals surface area contributed by atoms with E-state index < -0.39 is 0 Å². The number of hydrogen-bond donors (Lipinski definition) is 1. The number of fused-ring (bicyclic) bond motifs is 1. The summed E-state index contributed by atoms with van der Waals surface area (Å²) < 4.78 is 0. The van der Waals surface area contributed by atoms with Crippen LogP contribution in [0.2, 0.25) is 0 Å². The predicted octanol–water partition coefficient (Wildman–Crippen LogP) is 3.12. The van der Waals surface area contributed by atoms with Crippen LogP contribution in [0.15, 0.2) is 6.07 Å². The molecule has 1 aromatic heterocycles. The summed E-state index contributed by atoms with van der Waals surface area (Å²) in [5.41, 5.74) is 1.64. The highest BCUT2D eigenvalue weighted by Crippen LogP contribution is 2.31. The van der Waals surface area contributed by atoms with Gasteiger partial charge in [0.05, 0.1) is 0 Å². The lowest BCUT2D eigenvalue weighted by Gasteiger charge is -2.33. The van der Waals surface area contributed by atoms with Crippen molar-refractivity contribution in [1.29, 1.82) is 0 Å². The van der Waals surface area contributed by atoms with Gasteiger partial charge in [-0.05, 0) is 49.7 Å². The maximum absolute atomic E-state index is 3.66. The standard InChI is InChI=1S/C13H19NS/c1-9-5-11(6-9)14-8-12-7-10-3-2-4-13(10)15-12/h7,9,11,14H,2-6,8H2,1H3. The van der Waals surface area contributed by atoms with Crippen molar-refractivity contribution >= 4 is 11.3 Å². The van der Waals surface area contributed by atoms with Crippen molar-refractivity contribution in [3.05, 3.63) is 21.4 Å². The van der Waals surface area contributed by atoms with Crippen molar-refractivity contribution < 1.29 is 0 Å². The van der Waals surface area contributed by atoms with Gasteiger partial charge in [-0.2, -0.15) is 0 Å². The van der Waals surface area contributed by atoms with Crippen molar-refractivity contribution in [1.82, 2.24) is 5.32 Å². The summed E-state index contributed by atoms with van der Waals surface area (Å²) in [5, 5.41) is 3.66. The number of rotatable bonds is 3. The van der Waals surface area contributed by atoms with Gasteiger partial charge in [0.2, 0.25) is 0 Å². The van der Waals surface area contributed by atoms with E-state index in [0.717, 1.165) is 18.5 Å². The van der Waals surface area contributed by atoms with Crippen molar-refractivity contribution in [2.45, 2.75) is 51.6 Å². The van der Waals surface area contributed by atoms with Gasteiger partial charge in [-0.1, -0.05) is 6.92 Å². The first kappa shape index (κ1) is 9.86. The maximum Gasteiger partial charge on any atom is 0.0302 e. The summed E-state index contributed by atoms with van der Waals surface area (Å²) in [4.78, 5) is 3.22. The largest absolute Gasteiger partial charge is 0.309 e. The van der Waals surface area contributed by atoms with E-state index >= 15 is 0 Å². The summed E-state index contributed by atoms with van der Waals surface area (Å²) in [6, 6.07) is 3.24. The molecule has 0 bridgehead atoms. The molecule has 0 saturated heterocycles. The molecule has 1 nitrogen and oxygen atoms in total. The Balaban J connectivity index is 1.54. The number of nitrogens with one attached hydrogen (secondary N) is 1. The molecule has 0 atom stereocenters. The van der Waals surface area contributed by atoms with Crippen LogP contribution in [-0.4, -0.2) is 6.04 Å². The maximum atomic E-state index is 3.66. The van der Waals surface area contributed by atoms with Gasteiger partial charge in [-0.3, -0.25) is 0 Å². The topological polar surface area (TPSA) is 12.0 Å². The average molecular weight is 221 g/mol.